The third-order valence-corrected chi connectivity index (χ3v) is 7.00. The van der Waals surface area contributed by atoms with Gasteiger partial charge in [0.1, 0.15) is 11.9 Å². The number of likely N-dealkylation sites (tertiary alicyclic amines) is 1. The zero-order valence-electron chi connectivity index (χ0n) is 19.0. The summed E-state index contributed by atoms with van der Waals surface area (Å²) in [6.07, 6.45) is 3.05. The maximum atomic E-state index is 10.1. The van der Waals surface area contributed by atoms with Crippen LogP contribution < -0.4 is 4.90 Å². The zero-order chi connectivity index (χ0) is 22.2. The fourth-order valence-electron chi connectivity index (χ4n) is 5.10. The van der Waals surface area contributed by atoms with Gasteiger partial charge in [0.15, 0.2) is 5.65 Å². The van der Waals surface area contributed by atoms with Crippen LogP contribution in [0.5, 0.6) is 0 Å². The number of rotatable bonds is 4. The van der Waals surface area contributed by atoms with Crippen molar-refractivity contribution in [1.29, 1.82) is 5.26 Å². The van der Waals surface area contributed by atoms with E-state index < -0.39 is 0 Å². The van der Waals surface area contributed by atoms with E-state index in [-0.39, 0.29) is 0 Å². The molecule has 3 heterocycles. The van der Waals surface area contributed by atoms with Gasteiger partial charge in [-0.15, -0.1) is 0 Å². The van der Waals surface area contributed by atoms with Crippen molar-refractivity contribution in [2.75, 3.05) is 32.1 Å². The molecule has 5 heteroatoms. The number of nitriles is 1. The van der Waals surface area contributed by atoms with Crippen molar-refractivity contribution in [2.45, 2.75) is 32.2 Å². The number of fused-ring (bicyclic) bond motifs is 3. The molecule has 5 nitrogen and oxygen atoms in total. The summed E-state index contributed by atoms with van der Waals surface area (Å²) in [5.41, 5.74) is 6.92. The Morgan fingerprint density at radius 3 is 2.47 bits per heavy atom. The number of pyridine rings is 1. The van der Waals surface area contributed by atoms with Gasteiger partial charge in [-0.25, -0.2) is 4.98 Å². The first-order valence-electron chi connectivity index (χ1n) is 11.4. The van der Waals surface area contributed by atoms with E-state index in [2.05, 4.69) is 83.8 Å². The molecule has 4 aromatic rings. The molecule has 0 saturated carbocycles. The van der Waals surface area contributed by atoms with E-state index in [1.165, 1.54) is 16.9 Å². The van der Waals surface area contributed by atoms with E-state index >= 15 is 0 Å². The van der Waals surface area contributed by atoms with Gasteiger partial charge in [-0.2, -0.15) is 5.26 Å². The average Bonchev–Trinajstić information content (AvgIpc) is 3.19. The first-order chi connectivity index (χ1) is 15.6. The van der Waals surface area contributed by atoms with Crippen molar-refractivity contribution in [3.8, 4) is 6.07 Å². The van der Waals surface area contributed by atoms with E-state index in [1.807, 2.05) is 12.1 Å². The summed E-state index contributed by atoms with van der Waals surface area (Å²) in [7, 11) is 4.42. The van der Waals surface area contributed by atoms with Crippen molar-refractivity contribution >= 4 is 22.5 Å². The monoisotopic (exact) mass is 423 g/mol. The standard InChI is InChI=1S/C27H29N5/c1-19-22(17-20-9-5-4-6-10-20)27(31(3)21-13-15-30(2)16-14-21)32-25-12-8-7-11-24(25)29-26(32)23(19)18-28/h4-12,21H,13-17H2,1-3H3. The molecule has 0 unspecified atom stereocenters. The Balaban J connectivity index is 1.79. The topological polar surface area (TPSA) is 47.6 Å². The Kier molecular flexibility index (Phi) is 5.32. The molecule has 1 aliphatic heterocycles. The van der Waals surface area contributed by atoms with E-state index in [9.17, 15) is 5.26 Å². The van der Waals surface area contributed by atoms with Gasteiger partial charge < -0.3 is 9.80 Å². The minimum Gasteiger partial charge on any atom is -0.357 e. The highest BCUT2D eigenvalue weighted by molar-refractivity contribution is 5.86. The summed E-state index contributed by atoms with van der Waals surface area (Å²) in [6, 6.07) is 21.7. The van der Waals surface area contributed by atoms with Crippen LogP contribution in [0.2, 0.25) is 0 Å². The van der Waals surface area contributed by atoms with Gasteiger partial charge in [0, 0.05) is 25.1 Å². The maximum absolute atomic E-state index is 10.1. The van der Waals surface area contributed by atoms with Crippen LogP contribution in [-0.4, -0.2) is 47.5 Å². The van der Waals surface area contributed by atoms with Crippen LogP contribution in [-0.2, 0) is 6.42 Å². The minimum absolute atomic E-state index is 0.456. The molecule has 0 atom stereocenters. The Morgan fingerprint density at radius 2 is 1.75 bits per heavy atom. The molecule has 0 radical (unpaired) electrons. The van der Waals surface area contributed by atoms with Crippen LogP contribution in [0.3, 0.4) is 0 Å². The predicted octanol–water partition coefficient (Wildman–Crippen LogP) is 4.79. The van der Waals surface area contributed by atoms with Crippen molar-refractivity contribution in [1.82, 2.24) is 14.3 Å². The van der Waals surface area contributed by atoms with Crippen LogP contribution in [0, 0.1) is 18.3 Å². The number of imidazole rings is 1. The lowest BCUT2D eigenvalue weighted by atomic mass is 9.96. The Bertz CT molecular complexity index is 1310. The van der Waals surface area contributed by atoms with Crippen LogP contribution in [0.25, 0.3) is 16.7 Å². The average molecular weight is 424 g/mol. The van der Waals surface area contributed by atoms with E-state index in [0.717, 1.165) is 54.6 Å². The fraction of sp³-hybridized carbons (Fsp3) is 0.333. The molecule has 1 saturated heterocycles. The molecule has 1 aliphatic rings. The van der Waals surface area contributed by atoms with Crippen molar-refractivity contribution in [2.24, 2.45) is 0 Å². The molecule has 0 aliphatic carbocycles. The highest BCUT2D eigenvalue weighted by Crippen LogP contribution is 2.36. The molecular formula is C27H29N5. The molecule has 5 rings (SSSR count). The molecular weight excluding hydrogens is 394 g/mol. The Hall–Kier alpha value is -3.36. The van der Waals surface area contributed by atoms with Crippen molar-refractivity contribution < 1.29 is 0 Å². The summed E-state index contributed by atoms with van der Waals surface area (Å²) in [4.78, 5) is 9.76. The maximum Gasteiger partial charge on any atom is 0.157 e. The summed E-state index contributed by atoms with van der Waals surface area (Å²) < 4.78 is 2.23. The molecule has 162 valence electrons. The highest BCUT2D eigenvalue weighted by Gasteiger charge is 2.28. The van der Waals surface area contributed by atoms with E-state index in [1.54, 1.807) is 0 Å². The largest absolute Gasteiger partial charge is 0.357 e. The quantitative estimate of drug-likeness (QED) is 0.474. The lowest BCUT2D eigenvalue weighted by Crippen LogP contribution is -2.43. The smallest absolute Gasteiger partial charge is 0.157 e. The highest BCUT2D eigenvalue weighted by atomic mass is 15.3. The molecule has 32 heavy (non-hydrogen) atoms. The Morgan fingerprint density at radius 1 is 1.06 bits per heavy atom. The number of nitrogens with zero attached hydrogens (tertiary/aromatic N) is 5. The number of benzene rings is 2. The fourth-order valence-corrected chi connectivity index (χ4v) is 5.10. The third kappa shape index (κ3) is 3.41. The molecule has 2 aromatic carbocycles. The zero-order valence-corrected chi connectivity index (χ0v) is 19.0. The number of piperidine rings is 1. The van der Waals surface area contributed by atoms with Gasteiger partial charge in [-0.3, -0.25) is 4.40 Å². The second-order valence-corrected chi connectivity index (χ2v) is 8.98. The SMILES string of the molecule is Cc1c(Cc2ccccc2)c(N(C)C2CCN(C)CC2)n2c(nc3ccccc32)c1C#N. The van der Waals surface area contributed by atoms with Gasteiger partial charge in [-0.1, -0.05) is 42.5 Å². The molecule has 1 fully saturated rings. The second-order valence-electron chi connectivity index (χ2n) is 8.98. The lowest BCUT2D eigenvalue weighted by Gasteiger charge is -2.38. The van der Waals surface area contributed by atoms with E-state index in [4.69, 9.17) is 4.98 Å². The normalized spacial score (nSPS) is 15.3. The van der Waals surface area contributed by atoms with Crippen LogP contribution >= 0.6 is 0 Å². The minimum atomic E-state index is 0.456. The first kappa shape index (κ1) is 20.5. The summed E-state index contributed by atoms with van der Waals surface area (Å²) in [6.45, 7) is 4.29. The number of hydrogen-bond donors (Lipinski definition) is 0. The van der Waals surface area contributed by atoms with Gasteiger partial charge in [-0.05, 0) is 63.2 Å². The van der Waals surface area contributed by atoms with Crippen molar-refractivity contribution in [3.63, 3.8) is 0 Å². The molecule has 0 spiro atoms. The predicted molar refractivity (Wildman–Crippen MR) is 130 cm³/mol. The van der Waals surface area contributed by atoms with Gasteiger partial charge in [0.05, 0.1) is 16.6 Å². The summed E-state index contributed by atoms with van der Waals surface area (Å²) in [5.74, 6) is 1.17. The van der Waals surface area contributed by atoms with E-state index in [0.29, 0.717) is 11.6 Å². The van der Waals surface area contributed by atoms with Gasteiger partial charge in [0.25, 0.3) is 0 Å². The van der Waals surface area contributed by atoms with Crippen molar-refractivity contribution in [3.05, 3.63) is 76.9 Å². The lowest BCUT2D eigenvalue weighted by molar-refractivity contribution is 0.252. The number of anilines is 1. The van der Waals surface area contributed by atoms with Gasteiger partial charge in [0.2, 0.25) is 0 Å². The molecule has 0 bridgehead atoms. The number of para-hydroxylation sites is 2. The Labute approximate surface area is 189 Å². The number of hydrogen-bond acceptors (Lipinski definition) is 4. The molecule has 0 N–H and O–H groups in total. The third-order valence-electron chi connectivity index (χ3n) is 7.00. The van der Waals surface area contributed by atoms with Crippen LogP contribution in [0.15, 0.2) is 54.6 Å². The summed E-state index contributed by atoms with van der Waals surface area (Å²) in [5, 5.41) is 10.1. The second kappa shape index (κ2) is 8.29. The van der Waals surface area contributed by atoms with Crippen LogP contribution in [0.1, 0.15) is 35.1 Å². The van der Waals surface area contributed by atoms with Gasteiger partial charge >= 0.3 is 0 Å². The number of aromatic nitrogens is 2. The molecule has 2 aromatic heterocycles. The summed E-state index contributed by atoms with van der Waals surface area (Å²) >= 11 is 0. The molecule has 0 amide bonds. The first-order valence-corrected chi connectivity index (χ1v) is 11.4. The van der Waals surface area contributed by atoms with Crippen LogP contribution in [0.4, 0.5) is 5.82 Å².